The van der Waals surface area contributed by atoms with Crippen LogP contribution in [0.4, 0.5) is 0 Å². The molecule has 3 nitrogen and oxygen atoms in total. The molecular weight excluding hydrogens is 272 g/mol. The molecule has 0 aliphatic heterocycles. The summed E-state index contributed by atoms with van der Waals surface area (Å²) in [4.78, 5) is 12.1. The molecule has 0 bridgehead atoms. The van der Waals surface area contributed by atoms with Crippen LogP contribution in [0.2, 0.25) is 0 Å². The van der Waals surface area contributed by atoms with Crippen molar-refractivity contribution in [3.63, 3.8) is 0 Å². The Hall–Kier alpha value is -2.13. The smallest absolute Gasteiger partial charge is 0.236 e. The highest BCUT2D eigenvalue weighted by Gasteiger charge is 2.20. The molecule has 0 aliphatic carbocycles. The molecule has 116 valence electrons. The van der Waals surface area contributed by atoms with E-state index in [1.165, 1.54) is 0 Å². The van der Waals surface area contributed by atoms with E-state index in [1.54, 1.807) is 0 Å². The minimum Gasteiger partial charge on any atom is -0.355 e. The van der Waals surface area contributed by atoms with Crippen molar-refractivity contribution in [1.82, 2.24) is 10.6 Å². The van der Waals surface area contributed by atoms with E-state index < -0.39 is 0 Å². The average molecular weight is 296 g/mol. The maximum Gasteiger partial charge on any atom is 0.236 e. The fourth-order valence-corrected chi connectivity index (χ4v) is 2.40. The molecule has 3 heteroatoms. The van der Waals surface area contributed by atoms with Crippen LogP contribution in [0.15, 0.2) is 60.7 Å². The maximum atomic E-state index is 12.1. The van der Waals surface area contributed by atoms with Crippen molar-refractivity contribution in [2.45, 2.75) is 32.4 Å². The second kappa shape index (κ2) is 8.35. The van der Waals surface area contributed by atoms with Crippen molar-refractivity contribution in [3.8, 4) is 0 Å². The van der Waals surface area contributed by atoms with Crippen molar-refractivity contribution in [1.29, 1.82) is 0 Å². The molecule has 0 aromatic heterocycles. The van der Waals surface area contributed by atoms with Gasteiger partial charge in [0.1, 0.15) is 0 Å². The summed E-state index contributed by atoms with van der Waals surface area (Å²) in [5.41, 5.74) is 2.31. The molecular formula is C19H24N2O. The molecule has 0 heterocycles. The number of benzene rings is 2. The fraction of sp³-hybridized carbons (Fsp3) is 0.316. The molecule has 0 fully saturated rings. The molecule has 0 unspecified atom stereocenters. The van der Waals surface area contributed by atoms with E-state index in [2.05, 4.69) is 41.8 Å². The zero-order valence-electron chi connectivity index (χ0n) is 13.3. The highest BCUT2D eigenvalue weighted by atomic mass is 16.2. The monoisotopic (exact) mass is 296 g/mol. The first-order valence-corrected chi connectivity index (χ1v) is 7.86. The summed E-state index contributed by atoms with van der Waals surface area (Å²) in [6.45, 7) is 4.67. The predicted octanol–water partition coefficient (Wildman–Crippen LogP) is 3.28. The van der Waals surface area contributed by atoms with Crippen LogP contribution in [0.1, 0.15) is 37.4 Å². The SMILES string of the molecule is CCCNC(=O)[C@H](C)NC(c1ccccc1)c1ccccc1. The molecule has 22 heavy (non-hydrogen) atoms. The zero-order valence-corrected chi connectivity index (χ0v) is 13.3. The van der Waals surface area contributed by atoms with Crippen molar-refractivity contribution >= 4 is 5.91 Å². The number of amides is 1. The first-order chi connectivity index (χ1) is 10.7. The first kappa shape index (κ1) is 16.2. The molecule has 0 aliphatic rings. The summed E-state index contributed by atoms with van der Waals surface area (Å²) in [6, 6.07) is 20.2. The van der Waals surface area contributed by atoms with Gasteiger partial charge in [-0.15, -0.1) is 0 Å². The molecule has 1 atom stereocenters. The Morgan fingerprint density at radius 3 is 1.91 bits per heavy atom. The van der Waals surface area contributed by atoms with E-state index in [-0.39, 0.29) is 18.0 Å². The van der Waals surface area contributed by atoms with Crippen molar-refractivity contribution < 1.29 is 4.79 Å². The molecule has 2 aromatic rings. The van der Waals surface area contributed by atoms with Gasteiger partial charge >= 0.3 is 0 Å². The molecule has 0 radical (unpaired) electrons. The maximum absolute atomic E-state index is 12.1. The Morgan fingerprint density at radius 2 is 1.45 bits per heavy atom. The standard InChI is InChI=1S/C19H24N2O/c1-3-14-20-19(22)15(2)21-18(16-10-6-4-7-11-16)17-12-8-5-9-13-17/h4-13,15,18,21H,3,14H2,1-2H3,(H,20,22)/t15-/m0/s1. The van der Waals surface area contributed by atoms with Crippen LogP contribution in [0.25, 0.3) is 0 Å². The third-order valence-corrected chi connectivity index (χ3v) is 3.62. The third-order valence-electron chi connectivity index (χ3n) is 3.62. The van der Waals surface area contributed by atoms with E-state index in [9.17, 15) is 4.79 Å². The van der Waals surface area contributed by atoms with E-state index in [0.717, 1.165) is 17.5 Å². The third kappa shape index (κ3) is 4.43. The second-order valence-corrected chi connectivity index (χ2v) is 5.43. The Kier molecular flexibility index (Phi) is 6.16. The number of hydrogen-bond acceptors (Lipinski definition) is 2. The Labute approximate surface area is 132 Å². The van der Waals surface area contributed by atoms with E-state index in [0.29, 0.717) is 6.54 Å². The zero-order chi connectivity index (χ0) is 15.8. The van der Waals surface area contributed by atoms with Gasteiger partial charge in [0, 0.05) is 6.54 Å². The predicted molar refractivity (Wildman–Crippen MR) is 90.6 cm³/mol. The first-order valence-electron chi connectivity index (χ1n) is 7.86. The Balaban J connectivity index is 2.17. The highest BCUT2D eigenvalue weighted by Crippen LogP contribution is 2.22. The lowest BCUT2D eigenvalue weighted by Crippen LogP contribution is -2.44. The van der Waals surface area contributed by atoms with Gasteiger partial charge in [0.15, 0.2) is 0 Å². The van der Waals surface area contributed by atoms with Crippen LogP contribution in [0.5, 0.6) is 0 Å². The normalized spacial score (nSPS) is 12.1. The van der Waals surface area contributed by atoms with Gasteiger partial charge in [-0.1, -0.05) is 67.6 Å². The lowest BCUT2D eigenvalue weighted by molar-refractivity contribution is -0.122. The highest BCUT2D eigenvalue weighted by molar-refractivity contribution is 5.81. The molecule has 0 saturated heterocycles. The van der Waals surface area contributed by atoms with Crippen LogP contribution in [0.3, 0.4) is 0 Å². The molecule has 1 amide bonds. The van der Waals surface area contributed by atoms with Crippen LogP contribution >= 0.6 is 0 Å². The number of nitrogens with one attached hydrogen (secondary N) is 2. The summed E-state index contributed by atoms with van der Waals surface area (Å²) in [7, 11) is 0. The Morgan fingerprint density at radius 1 is 0.955 bits per heavy atom. The molecule has 2 rings (SSSR count). The minimum atomic E-state index is -0.253. The molecule has 2 aromatic carbocycles. The second-order valence-electron chi connectivity index (χ2n) is 5.43. The summed E-state index contributed by atoms with van der Waals surface area (Å²) < 4.78 is 0. The summed E-state index contributed by atoms with van der Waals surface area (Å²) in [6.07, 6.45) is 0.944. The topological polar surface area (TPSA) is 41.1 Å². The van der Waals surface area contributed by atoms with Crippen molar-refractivity contribution in [2.24, 2.45) is 0 Å². The van der Waals surface area contributed by atoms with Gasteiger partial charge in [-0.3, -0.25) is 10.1 Å². The van der Waals surface area contributed by atoms with Gasteiger partial charge in [0.2, 0.25) is 5.91 Å². The summed E-state index contributed by atoms with van der Waals surface area (Å²) in [5.74, 6) is 0.0405. The van der Waals surface area contributed by atoms with Crippen molar-refractivity contribution in [2.75, 3.05) is 6.54 Å². The quantitative estimate of drug-likeness (QED) is 0.823. The van der Waals surface area contributed by atoms with Gasteiger partial charge in [0.25, 0.3) is 0 Å². The van der Waals surface area contributed by atoms with Crippen LogP contribution < -0.4 is 10.6 Å². The number of carbonyl (C=O) groups is 1. The largest absolute Gasteiger partial charge is 0.355 e. The molecule has 2 N–H and O–H groups in total. The van der Waals surface area contributed by atoms with Crippen LogP contribution in [-0.4, -0.2) is 18.5 Å². The van der Waals surface area contributed by atoms with Gasteiger partial charge in [-0.05, 0) is 24.5 Å². The van der Waals surface area contributed by atoms with Gasteiger partial charge in [-0.25, -0.2) is 0 Å². The summed E-state index contributed by atoms with van der Waals surface area (Å²) >= 11 is 0. The van der Waals surface area contributed by atoms with Crippen LogP contribution in [-0.2, 0) is 4.79 Å². The number of hydrogen-bond donors (Lipinski definition) is 2. The summed E-state index contributed by atoms with van der Waals surface area (Å²) in [5, 5.41) is 6.39. The van der Waals surface area contributed by atoms with Crippen LogP contribution in [0, 0.1) is 0 Å². The lowest BCUT2D eigenvalue weighted by Gasteiger charge is -2.24. The minimum absolute atomic E-state index is 0.00442. The van der Waals surface area contributed by atoms with Crippen molar-refractivity contribution in [3.05, 3.63) is 71.8 Å². The fourth-order valence-electron chi connectivity index (χ4n) is 2.40. The molecule has 0 spiro atoms. The average Bonchev–Trinajstić information content (AvgIpc) is 2.58. The lowest BCUT2D eigenvalue weighted by atomic mass is 9.98. The van der Waals surface area contributed by atoms with Gasteiger partial charge in [0.05, 0.1) is 12.1 Å². The van der Waals surface area contributed by atoms with E-state index >= 15 is 0 Å². The van der Waals surface area contributed by atoms with E-state index in [1.807, 2.05) is 43.3 Å². The van der Waals surface area contributed by atoms with Gasteiger partial charge < -0.3 is 5.32 Å². The van der Waals surface area contributed by atoms with Gasteiger partial charge in [-0.2, -0.15) is 0 Å². The number of rotatable bonds is 7. The molecule has 0 saturated carbocycles. The van der Waals surface area contributed by atoms with E-state index in [4.69, 9.17) is 0 Å². The number of carbonyl (C=O) groups excluding carboxylic acids is 1. The Bertz CT molecular complexity index is 529.